The van der Waals surface area contributed by atoms with Crippen molar-refractivity contribution >= 4 is 23.3 Å². The van der Waals surface area contributed by atoms with Gasteiger partial charge in [0.05, 0.1) is 10.7 Å². The van der Waals surface area contributed by atoms with Gasteiger partial charge in [0.15, 0.2) is 0 Å². The first-order valence-electron chi connectivity index (χ1n) is 8.77. The molecule has 0 aromatic heterocycles. The monoisotopic (exact) mass is 357 g/mol. The molecule has 1 aliphatic heterocycles. The molecule has 0 aliphatic carbocycles. The smallest absolute Gasteiger partial charge is 0.319 e. The van der Waals surface area contributed by atoms with E-state index in [9.17, 15) is 4.79 Å². The Bertz CT molecular complexity index is 734. The lowest BCUT2D eigenvalue weighted by atomic mass is 9.98. The van der Waals surface area contributed by atoms with Crippen molar-refractivity contribution in [3.05, 3.63) is 64.7 Å². The second-order valence-electron chi connectivity index (χ2n) is 6.37. The molecule has 2 aromatic rings. The molecule has 2 amide bonds. The summed E-state index contributed by atoms with van der Waals surface area (Å²) in [6, 6.07) is 16.0. The van der Waals surface area contributed by atoms with Gasteiger partial charge in [0.25, 0.3) is 0 Å². The van der Waals surface area contributed by atoms with Crippen molar-refractivity contribution in [3.63, 3.8) is 0 Å². The number of hydrogen-bond acceptors (Lipinski definition) is 2. The van der Waals surface area contributed by atoms with Gasteiger partial charge in [-0.1, -0.05) is 54.9 Å². The number of nitrogens with one attached hydrogen (secondary N) is 2. The Morgan fingerprint density at radius 1 is 1.16 bits per heavy atom. The lowest BCUT2D eigenvalue weighted by molar-refractivity contribution is 0.170. The first-order valence-corrected chi connectivity index (χ1v) is 9.15. The normalized spacial score (nSPS) is 15.3. The largest absolute Gasteiger partial charge is 0.336 e. The van der Waals surface area contributed by atoms with Gasteiger partial charge in [0.2, 0.25) is 0 Å². The number of benzene rings is 2. The molecule has 1 unspecified atom stereocenters. The summed E-state index contributed by atoms with van der Waals surface area (Å²) in [7, 11) is 0. The van der Waals surface area contributed by atoms with Gasteiger partial charge in [-0.15, -0.1) is 0 Å². The summed E-state index contributed by atoms with van der Waals surface area (Å²) in [5, 5.41) is 6.33. The molecule has 1 atom stereocenters. The predicted molar refractivity (Wildman–Crippen MR) is 103 cm³/mol. The van der Waals surface area contributed by atoms with E-state index in [0.29, 0.717) is 23.3 Å². The van der Waals surface area contributed by atoms with E-state index < -0.39 is 0 Å². The minimum Gasteiger partial charge on any atom is -0.336 e. The highest BCUT2D eigenvalue weighted by Gasteiger charge is 2.22. The van der Waals surface area contributed by atoms with Crippen molar-refractivity contribution in [2.75, 3.05) is 18.4 Å². The van der Waals surface area contributed by atoms with Crippen LogP contribution in [0.3, 0.4) is 0 Å². The van der Waals surface area contributed by atoms with Gasteiger partial charge in [-0.05, 0) is 36.1 Å². The molecule has 0 saturated heterocycles. The minimum atomic E-state index is -0.219. The average molecular weight is 358 g/mol. The van der Waals surface area contributed by atoms with Gasteiger partial charge in [-0.25, -0.2) is 4.79 Å². The Balaban J connectivity index is 1.54. The van der Waals surface area contributed by atoms with Gasteiger partial charge < -0.3 is 10.6 Å². The van der Waals surface area contributed by atoms with Crippen LogP contribution in [0.2, 0.25) is 5.02 Å². The van der Waals surface area contributed by atoms with Crippen LogP contribution in [0.4, 0.5) is 10.5 Å². The van der Waals surface area contributed by atoms with E-state index in [0.717, 1.165) is 25.9 Å². The maximum absolute atomic E-state index is 12.2. The minimum absolute atomic E-state index is 0.219. The van der Waals surface area contributed by atoms with Crippen LogP contribution in [-0.4, -0.2) is 30.1 Å². The van der Waals surface area contributed by atoms with Gasteiger partial charge in [-0.2, -0.15) is 0 Å². The van der Waals surface area contributed by atoms with Crippen LogP contribution in [0.25, 0.3) is 0 Å². The number of carbonyl (C=O) groups excluding carboxylic acids is 1. The molecule has 0 bridgehead atoms. The Hall–Kier alpha value is -2.04. The summed E-state index contributed by atoms with van der Waals surface area (Å²) in [6.45, 7) is 4.76. The summed E-state index contributed by atoms with van der Waals surface area (Å²) in [5.41, 5.74) is 3.47. The van der Waals surface area contributed by atoms with E-state index in [2.05, 4.69) is 46.7 Å². The molecule has 2 N–H and O–H groups in total. The van der Waals surface area contributed by atoms with Crippen LogP contribution in [0.5, 0.6) is 0 Å². The molecule has 25 heavy (non-hydrogen) atoms. The number of nitrogens with zero attached hydrogens (tertiary/aromatic N) is 1. The zero-order valence-corrected chi connectivity index (χ0v) is 15.2. The highest BCUT2D eigenvalue weighted by Crippen LogP contribution is 2.22. The number of para-hydroxylation sites is 1. The molecule has 5 heteroatoms. The number of amides is 2. The third-order valence-corrected chi connectivity index (χ3v) is 5.10. The fourth-order valence-corrected chi connectivity index (χ4v) is 3.48. The van der Waals surface area contributed by atoms with Gasteiger partial charge in [-0.3, -0.25) is 4.90 Å². The van der Waals surface area contributed by atoms with E-state index in [-0.39, 0.29) is 6.03 Å². The zero-order valence-electron chi connectivity index (χ0n) is 14.5. The van der Waals surface area contributed by atoms with Crippen molar-refractivity contribution in [2.45, 2.75) is 32.4 Å². The van der Waals surface area contributed by atoms with Crippen molar-refractivity contribution in [2.24, 2.45) is 0 Å². The summed E-state index contributed by atoms with van der Waals surface area (Å²) in [4.78, 5) is 14.6. The van der Waals surface area contributed by atoms with Crippen LogP contribution in [-0.2, 0) is 13.0 Å². The fraction of sp³-hybridized carbons (Fsp3) is 0.350. The highest BCUT2D eigenvalue weighted by atomic mass is 35.5. The molecule has 0 fully saturated rings. The van der Waals surface area contributed by atoms with E-state index in [1.54, 1.807) is 12.1 Å². The Morgan fingerprint density at radius 3 is 2.64 bits per heavy atom. The summed E-state index contributed by atoms with van der Waals surface area (Å²) in [6.07, 6.45) is 2.06. The number of rotatable bonds is 5. The van der Waals surface area contributed by atoms with Crippen molar-refractivity contribution in [3.8, 4) is 0 Å². The summed E-state index contributed by atoms with van der Waals surface area (Å²) in [5.74, 6) is 0. The third kappa shape index (κ3) is 4.53. The van der Waals surface area contributed by atoms with Crippen LogP contribution < -0.4 is 10.6 Å². The maximum Gasteiger partial charge on any atom is 0.319 e. The van der Waals surface area contributed by atoms with E-state index in [1.165, 1.54) is 11.1 Å². The quantitative estimate of drug-likeness (QED) is 0.838. The van der Waals surface area contributed by atoms with Gasteiger partial charge >= 0.3 is 6.03 Å². The molecule has 1 aliphatic rings. The van der Waals surface area contributed by atoms with E-state index in [4.69, 9.17) is 11.6 Å². The fourth-order valence-electron chi connectivity index (χ4n) is 3.30. The molecule has 1 heterocycles. The number of carbonyl (C=O) groups is 1. The zero-order chi connectivity index (χ0) is 17.6. The third-order valence-electron chi connectivity index (χ3n) is 4.77. The van der Waals surface area contributed by atoms with Crippen molar-refractivity contribution < 1.29 is 4.79 Å². The molecule has 3 rings (SSSR count). The lowest BCUT2D eigenvalue weighted by Gasteiger charge is -2.35. The molecule has 132 valence electrons. The molecular weight excluding hydrogens is 334 g/mol. The Kier molecular flexibility index (Phi) is 5.95. The standard InChI is InChI=1S/C20H24ClN3O/c1-2-17(24-12-11-15-7-3-4-8-16(15)14-24)13-22-20(25)23-19-10-6-5-9-18(19)21/h3-10,17H,2,11-14H2,1H3,(H2,22,23,25). The second kappa shape index (κ2) is 8.37. The van der Waals surface area contributed by atoms with E-state index >= 15 is 0 Å². The predicted octanol–water partition coefficient (Wildman–Crippen LogP) is 4.30. The number of halogens is 1. The van der Waals surface area contributed by atoms with E-state index in [1.807, 2.05) is 12.1 Å². The topological polar surface area (TPSA) is 44.4 Å². The van der Waals surface area contributed by atoms with Crippen LogP contribution in [0, 0.1) is 0 Å². The molecule has 0 spiro atoms. The first-order chi connectivity index (χ1) is 12.2. The lowest BCUT2D eigenvalue weighted by Crippen LogP contribution is -2.46. The molecular formula is C20H24ClN3O. The SMILES string of the molecule is CCC(CNC(=O)Nc1ccccc1Cl)N1CCc2ccccc2C1. The second-order valence-corrected chi connectivity index (χ2v) is 6.77. The summed E-state index contributed by atoms with van der Waals surface area (Å²) < 4.78 is 0. The average Bonchev–Trinajstić information content (AvgIpc) is 2.64. The summed E-state index contributed by atoms with van der Waals surface area (Å²) >= 11 is 6.08. The first kappa shape index (κ1) is 17.8. The Labute approximate surface area is 154 Å². The maximum atomic E-state index is 12.2. The van der Waals surface area contributed by atoms with Gasteiger partial charge in [0, 0.05) is 25.7 Å². The molecule has 4 nitrogen and oxygen atoms in total. The number of hydrogen-bond donors (Lipinski definition) is 2. The highest BCUT2D eigenvalue weighted by molar-refractivity contribution is 6.33. The van der Waals surface area contributed by atoms with Crippen LogP contribution >= 0.6 is 11.6 Å². The van der Waals surface area contributed by atoms with Crippen LogP contribution in [0.1, 0.15) is 24.5 Å². The number of anilines is 1. The Morgan fingerprint density at radius 2 is 1.88 bits per heavy atom. The number of fused-ring (bicyclic) bond motifs is 1. The number of urea groups is 1. The van der Waals surface area contributed by atoms with Crippen molar-refractivity contribution in [1.29, 1.82) is 0 Å². The molecule has 2 aromatic carbocycles. The molecule has 0 saturated carbocycles. The van der Waals surface area contributed by atoms with Gasteiger partial charge in [0.1, 0.15) is 0 Å². The van der Waals surface area contributed by atoms with Crippen LogP contribution in [0.15, 0.2) is 48.5 Å². The molecule has 0 radical (unpaired) electrons. The van der Waals surface area contributed by atoms with Crippen molar-refractivity contribution in [1.82, 2.24) is 10.2 Å².